The number of aliphatic hydroxyl groups excluding tert-OH is 1. The molecular formula is C29H36ClFN2O3S. The van der Waals surface area contributed by atoms with Gasteiger partial charge in [0.25, 0.3) is 0 Å². The highest BCUT2D eigenvalue weighted by molar-refractivity contribution is 7.99. The lowest BCUT2D eigenvalue weighted by atomic mass is 9.74. The number of aromatic nitrogens is 1. The van der Waals surface area contributed by atoms with Crippen LogP contribution in [0.4, 0.5) is 4.39 Å². The first-order chi connectivity index (χ1) is 18.0. The van der Waals surface area contributed by atoms with Crippen molar-refractivity contribution < 1.29 is 19.0 Å². The van der Waals surface area contributed by atoms with Gasteiger partial charge in [-0.05, 0) is 93.2 Å². The number of nitrogens with zero attached hydrogens (tertiary/aromatic N) is 2. The molecule has 1 saturated heterocycles. The van der Waals surface area contributed by atoms with E-state index in [0.29, 0.717) is 40.1 Å². The smallest absolute Gasteiger partial charge is 0.132 e. The Morgan fingerprint density at radius 3 is 2.68 bits per heavy atom. The number of alkyl halides is 1. The van der Waals surface area contributed by atoms with Crippen LogP contribution < -0.4 is 9.47 Å². The molecule has 1 N–H and O–H groups in total. The van der Waals surface area contributed by atoms with E-state index in [9.17, 15) is 5.11 Å². The molecule has 4 rings (SSSR count). The van der Waals surface area contributed by atoms with Crippen molar-refractivity contribution in [2.45, 2.75) is 43.2 Å². The second-order valence-electron chi connectivity index (χ2n) is 9.76. The summed E-state index contributed by atoms with van der Waals surface area (Å²) < 4.78 is 26.4. The van der Waals surface area contributed by atoms with E-state index in [0.717, 1.165) is 50.4 Å². The number of thioether (sulfide) groups is 1. The van der Waals surface area contributed by atoms with Crippen LogP contribution in [-0.4, -0.2) is 61.2 Å². The summed E-state index contributed by atoms with van der Waals surface area (Å²) in [7, 11) is 3.29. The number of para-hydroxylation sites is 1. The van der Waals surface area contributed by atoms with Crippen LogP contribution in [0.2, 0.25) is 5.02 Å². The molecule has 0 spiro atoms. The third kappa shape index (κ3) is 6.88. The van der Waals surface area contributed by atoms with Gasteiger partial charge in [0.1, 0.15) is 17.7 Å². The van der Waals surface area contributed by atoms with Crippen molar-refractivity contribution in [1.29, 1.82) is 0 Å². The number of rotatable bonds is 12. The molecule has 0 saturated carbocycles. The van der Waals surface area contributed by atoms with E-state index in [1.807, 2.05) is 42.1 Å². The quantitative estimate of drug-likeness (QED) is 0.196. The van der Waals surface area contributed by atoms with Crippen LogP contribution >= 0.6 is 23.4 Å². The highest BCUT2D eigenvalue weighted by atomic mass is 35.5. The molecule has 0 unspecified atom stereocenters. The Morgan fingerprint density at radius 2 is 1.95 bits per heavy atom. The Balaban J connectivity index is 1.29. The lowest BCUT2D eigenvalue weighted by Crippen LogP contribution is -2.42. The van der Waals surface area contributed by atoms with Gasteiger partial charge in [-0.1, -0.05) is 23.7 Å². The number of likely N-dealkylation sites (tertiary alicyclic amines) is 1. The third-order valence-electron chi connectivity index (χ3n) is 7.51. The normalized spacial score (nSPS) is 16.6. The van der Waals surface area contributed by atoms with Crippen LogP contribution in [0.25, 0.3) is 10.9 Å². The van der Waals surface area contributed by atoms with Gasteiger partial charge in [0, 0.05) is 28.6 Å². The number of piperidine rings is 1. The fourth-order valence-corrected chi connectivity index (χ4v) is 6.37. The largest absolute Gasteiger partial charge is 0.497 e. The van der Waals surface area contributed by atoms with E-state index < -0.39 is 6.17 Å². The first-order valence-electron chi connectivity index (χ1n) is 12.8. The molecule has 2 aromatic carbocycles. The van der Waals surface area contributed by atoms with Crippen molar-refractivity contribution in [3.05, 3.63) is 59.2 Å². The molecule has 1 aromatic heterocycles. The lowest BCUT2D eigenvalue weighted by molar-refractivity contribution is 0.0304. The average molecular weight is 547 g/mol. The average Bonchev–Trinajstić information content (AvgIpc) is 2.94. The Morgan fingerprint density at radius 1 is 1.16 bits per heavy atom. The van der Waals surface area contributed by atoms with Crippen LogP contribution in [0.15, 0.2) is 53.6 Å². The van der Waals surface area contributed by atoms with Crippen molar-refractivity contribution in [1.82, 2.24) is 9.88 Å². The highest BCUT2D eigenvalue weighted by Gasteiger charge is 2.35. The van der Waals surface area contributed by atoms with Gasteiger partial charge < -0.3 is 19.5 Å². The minimum absolute atomic E-state index is 0.0792. The molecule has 1 fully saturated rings. The predicted molar refractivity (Wildman–Crippen MR) is 150 cm³/mol. The number of benzene rings is 2. The Bertz CT molecular complexity index is 1170. The maximum absolute atomic E-state index is 15.6. The topological polar surface area (TPSA) is 54.8 Å². The first kappa shape index (κ1) is 28.0. The molecule has 1 aliphatic rings. The summed E-state index contributed by atoms with van der Waals surface area (Å²) >= 11 is 8.23. The summed E-state index contributed by atoms with van der Waals surface area (Å²) in [5, 5.41) is 11.3. The van der Waals surface area contributed by atoms with E-state index in [1.165, 1.54) is 11.1 Å². The predicted octanol–water partition coefficient (Wildman–Crippen LogP) is 6.95. The number of aliphatic hydroxyl groups is 1. The zero-order valence-corrected chi connectivity index (χ0v) is 23.2. The molecule has 3 aromatic rings. The van der Waals surface area contributed by atoms with Gasteiger partial charge in [0.05, 0.1) is 24.8 Å². The third-order valence-corrected chi connectivity index (χ3v) is 8.95. The van der Waals surface area contributed by atoms with Crippen molar-refractivity contribution >= 4 is 34.3 Å². The molecule has 2 heterocycles. The van der Waals surface area contributed by atoms with Crippen LogP contribution in [0.3, 0.4) is 0 Å². The monoisotopic (exact) mass is 546 g/mol. The number of ether oxygens (including phenoxy) is 2. The first-order valence-corrected chi connectivity index (χ1v) is 14.2. The van der Waals surface area contributed by atoms with E-state index in [1.54, 1.807) is 20.3 Å². The number of halogens is 2. The van der Waals surface area contributed by atoms with Crippen molar-refractivity contribution in [2.24, 2.45) is 5.41 Å². The van der Waals surface area contributed by atoms with Gasteiger partial charge in [0.15, 0.2) is 0 Å². The van der Waals surface area contributed by atoms with Gasteiger partial charge >= 0.3 is 0 Å². The molecule has 0 radical (unpaired) electrons. The minimum atomic E-state index is -1.24. The maximum atomic E-state index is 15.6. The van der Waals surface area contributed by atoms with Gasteiger partial charge in [-0.2, -0.15) is 0 Å². The lowest BCUT2D eigenvalue weighted by Gasteiger charge is -2.41. The molecular weight excluding hydrogens is 511 g/mol. The van der Waals surface area contributed by atoms with Crippen LogP contribution in [-0.2, 0) is 0 Å². The van der Waals surface area contributed by atoms with Crippen LogP contribution in [0.5, 0.6) is 11.5 Å². The van der Waals surface area contributed by atoms with Crippen LogP contribution in [0.1, 0.15) is 43.8 Å². The van der Waals surface area contributed by atoms with Crippen molar-refractivity contribution in [3.63, 3.8) is 0 Å². The molecule has 1 atom stereocenters. The number of hydrogen-bond donors (Lipinski definition) is 1. The zero-order chi connectivity index (χ0) is 26.3. The van der Waals surface area contributed by atoms with Crippen molar-refractivity contribution in [2.75, 3.05) is 46.2 Å². The van der Waals surface area contributed by atoms with Gasteiger partial charge in [-0.3, -0.25) is 4.98 Å². The number of fused-ring (bicyclic) bond motifs is 1. The summed E-state index contributed by atoms with van der Waals surface area (Å²) in [6.07, 6.45) is 4.03. The Labute approximate surface area is 228 Å². The second kappa shape index (κ2) is 13.1. The molecule has 0 aliphatic carbocycles. The fraction of sp³-hybridized carbons (Fsp3) is 0.483. The molecule has 8 heteroatoms. The number of pyridine rings is 1. The summed E-state index contributed by atoms with van der Waals surface area (Å²) in [5.74, 6) is 2.59. The van der Waals surface area contributed by atoms with Gasteiger partial charge in [-0.25, -0.2) is 4.39 Å². The van der Waals surface area contributed by atoms with Crippen molar-refractivity contribution in [3.8, 4) is 11.5 Å². The second-order valence-corrected chi connectivity index (χ2v) is 11.3. The van der Waals surface area contributed by atoms with E-state index >= 15 is 4.39 Å². The van der Waals surface area contributed by atoms with Gasteiger partial charge in [0.2, 0.25) is 0 Å². The van der Waals surface area contributed by atoms with E-state index in [4.69, 9.17) is 21.1 Å². The van der Waals surface area contributed by atoms with Crippen LogP contribution in [0, 0.1) is 5.41 Å². The molecule has 5 nitrogen and oxygen atoms in total. The van der Waals surface area contributed by atoms with Gasteiger partial charge in [-0.15, -0.1) is 11.8 Å². The highest BCUT2D eigenvalue weighted by Crippen LogP contribution is 2.42. The summed E-state index contributed by atoms with van der Waals surface area (Å²) in [5.41, 5.74) is 0.903. The zero-order valence-electron chi connectivity index (χ0n) is 21.6. The molecule has 200 valence electrons. The molecule has 0 bridgehead atoms. The minimum Gasteiger partial charge on any atom is -0.497 e. The molecule has 1 aliphatic heterocycles. The SMILES string of the molecule is COc1ccc2ncc(Cl)c([C@@H](F)CCC3(CO)CCN(CCCSc4ccccc4OC)CC3)c2c1. The standard InChI is InChI=1S/C29H36ClFN2O3S/c1-35-21-8-9-25-22(18-21)28(23(30)19-32-25)24(31)10-11-29(20-34)12-15-33(16-13-29)14-5-17-37-27-7-4-3-6-26(27)36-2/h3-4,6-9,18-19,24,34H,5,10-17,20H2,1-2H3/t24-/m0/s1. The summed E-state index contributed by atoms with van der Waals surface area (Å²) in [4.78, 5) is 7.97. The molecule has 0 amide bonds. The van der Waals surface area contributed by atoms with E-state index in [-0.39, 0.29) is 12.0 Å². The fourth-order valence-electron chi connectivity index (χ4n) is 5.14. The summed E-state index contributed by atoms with van der Waals surface area (Å²) in [6, 6.07) is 13.5. The molecule has 37 heavy (non-hydrogen) atoms. The number of methoxy groups -OCH3 is 2. The Kier molecular flexibility index (Phi) is 9.93. The summed E-state index contributed by atoms with van der Waals surface area (Å²) in [6.45, 7) is 2.95. The maximum Gasteiger partial charge on any atom is 0.132 e. The van der Waals surface area contributed by atoms with E-state index in [2.05, 4.69) is 16.0 Å². The Hall–Kier alpha value is -2.06. The number of hydrogen-bond acceptors (Lipinski definition) is 6.